The van der Waals surface area contributed by atoms with E-state index in [1.165, 1.54) is 6.92 Å². The summed E-state index contributed by atoms with van der Waals surface area (Å²) in [5.74, 6) is -0.339. The summed E-state index contributed by atoms with van der Waals surface area (Å²) >= 11 is 0. The number of hydrogen-bond donors (Lipinski definition) is 0. The van der Waals surface area contributed by atoms with Gasteiger partial charge in [-0.1, -0.05) is 37.3 Å². The summed E-state index contributed by atoms with van der Waals surface area (Å²) in [6.07, 6.45) is 0. The lowest BCUT2D eigenvalue weighted by molar-refractivity contribution is -0.136. The fourth-order valence-corrected chi connectivity index (χ4v) is 2.50. The molecule has 2 atom stereocenters. The Bertz CT molecular complexity index is 427. The minimum absolute atomic E-state index is 0.0157. The normalized spacial score (nSPS) is 24.1. The summed E-state index contributed by atoms with van der Waals surface area (Å²) in [6.45, 7) is 4.76. The molecule has 17 heavy (non-hydrogen) atoms. The molecular formula is C14H17NO2. The van der Waals surface area contributed by atoms with Crippen molar-refractivity contribution in [3.8, 4) is 0 Å². The molecule has 0 saturated carbocycles. The highest BCUT2D eigenvalue weighted by molar-refractivity contribution is 6.01. The summed E-state index contributed by atoms with van der Waals surface area (Å²) in [4.78, 5) is 25.3. The largest absolute Gasteiger partial charge is 0.337 e. The number of likely N-dealkylation sites (tertiary alicyclic amines) is 1. The molecule has 1 aliphatic heterocycles. The Morgan fingerprint density at radius 1 is 1.35 bits per heavy atom. The van der Waals surface area contributed by atoms with Gasteiger partial charge in [0.1, 0.15) is 11.7 Å². The van der Waals surface area contributed by atoms with Gasteiger partial charge in [-0.3, -0.25) is 9.59 Å². The first-order chi connectivity index (χ1) is 8.09. The molecule has 1 aliphatic rings. The average molecular weight is 231 g/mol. The Hall–Kier alpha value is -1.64. The van der Waals surface area contributed by atoms with Crippen LogP contribution in [0, 0.1) is 11.8 Å². The molecule has 2 rings (SSSR count). The van der Waals surface area contributed by atoms with Crippen LogP contribution in [0.25, 0.3) is 0 Å². The molecule has 0 radical (unpaired) electrons. The second kappa shape index (κ2) is 4.70. The topological polar surface area (TPSA) is 37.4 Å². The standard InChI is InChI=1S/C14H17NO2/c1-10-8-15(14(17)13(10)11(2)16)9-12-6-4-3-5-7-12/h3-7,10,13H,8-9H2,1-2H3/t10-,13-/m1/s1. The zero-order valence-electron chi connectivity index (χ0n) is 10.2. The van der Waals surface area contributed by atoms with E-state index >= 15 is 0 Å². The van der Waals surface area contributed by atoms with E-state index in [4.69, 9.17) is 0 Å². The average Bonchev–Trinajstić information content (AvgIpc) is 2.55. The molecule has 1 fully saturated rings. The van der Waals surface area contributed by atoms with Crippen LogP contribution in [0.2, 0.25) is 0 Å². The predicted molar refractivity (Wildman–Crippen MR) is 65.2 cm³/mol. The van der Waals surface area contributed by atoms with Crippen LogP contribution in [-0.4, -0.2) is 23.1 Å². The van der Waals surface area contributed by atoms with Crippen molar-refractivity contribution in [2.24, 2.45) is 11.8 Å². The molecule has 0 unspecified atom stereocenters. The quantitative estimate of drug-likeness (QED) is 0.745. The molecule has 1 amide bonds. The number of nitrogens with zero attached hydrogens (tertiary/aromatic N) is 1. The molecule has 0 spiro atoms. The van der Waals surface area contributed by atoms with E-state index in [0.717, 1.165) is 5.56 Å². The van der Waals surface area contributed by atoms with Crippen LogP contribution in [0.15, 0.2) is 30.3 Å². The number of amides is 1. The van der Waals surface area contributed by atoms with Gasteiger partial charge < -0.3 is 4.90 Å². The Labute approximate surface area is 101 Å². The Morgan fingerprint density at radius 3 is 2.53 bits per heavy atom. The van der Waals surface area contributed by atoms with Crippen molar-refractivity contribution in [2.75, 3.05) is 6.54 Å². The van der Waals surface area contributed by atoms with E-state index < -0.39 is 5.92 Å². The highest BCUT2D eigenvalue weighted by atomic mass is 16.2. The zero-order valence-corrected chi connectivity index (χ0v) is 10.2. The number of carbonyl (C=O) groups excluding carboxylic acids is 2. The van der Waals surface area contributed by atoms with E-state index in [-0.39, 0.29) is 17.6 Å². The number of hydrogen-bond acceptors (Lipinski definition) is 2. The van der Waals surface area contributed by atoms with E-state index in [2.05, 4.69) is 0 Å². The second-order valence-corrected chi connectivity index (χ2v) is 4.77. The van der Waals surface area contributed by atoms with E-state index in [9.17, 15) is 9.59 Å². The molecule has 1 aromatic rings. The van der Waals surface area contributed by atoms with Gasteiger partial charge in [0, 0.05) is 13.1 Å². The Balaban J connectivity index is 2.10. The SMILES string of the molecule is CC(=O)[C@@H]1C(=O)N(Cc2ccccc2)C[C@H]1C. The molecule has 1 heterocycles. The lowest BCUT2D eigenvalue weighted by Gasteiger charge is -2.16. The highest BCUT2D eigenvalue weighted by Crippen LogP contribution is 2.26. The summed E-state index contributed by atoms with van der Waals surface area (Å²) < 4.78 is 0. The molecule has 0 bridgehead atoms. The maximum Gasteiger partial charge on any atom is 0.233 e. The van der Waals surface area contributed by atoms with E-state index in [1.54, 1.807) is 4.90 Å². The molecule has 1 saturated heterocycles. The van der Waals surface area contributed by atoms with Crippen molar-refractivity contribution < 1.29 is 9.59 Å². The molecule has 90 valence electrons. The van der Waals surface area contributed by atoms with Crippen molar-refractivity contribution in [2.45, 2.75) is 20.4 Å². The van der Waals surface area contributed by atoms with Crippen molar-refractivity contribution in [1.29, 1.82) is 0 Å². The van der Waals surface area contributed by atoms with Gasteiger partial charge in [-0.2, -0.15) is 0 Å². The number of rotatable bonds is 3. The maximum absolute atomic E-state index is 12.1. The molecular weight excluding hydrogens is 214 g/mol. The van der Waals surface area contributed by atoms with Crippen molar-refractivity contribution in [1.82, 2.24) is 4.90 Å². The molecule has 1 aromatic carbocycles. The maximum atomic E-state index is 12.1. The lowest BCUT2D eigenvalue weighted by atomic mass is 9.94. The highest BCUT2D eigenvalue weighted by Gasteiger charge is 2.40. The number of carbonyl (C=O) groups is 2. The number of ketones is 1. The molecule has 0 aliphatic carbocycles. The lowest BCUT2D eigenvalue weighted by Crippen LogP contribution is -2.29. The zero-order chi connectivity index (χ0) is 12.4. The smallest absolute Gasteiger partial charge is 0.233 e. The minimum atomic E-state index is -0.432. The molecule has 0 N–H and O–H groups in total. The molecule has 3 heteroatoms. The van der Waals surface area contributed by atoms with Gasteiger partial charge in [0.05, 0.1) is 0 Å². The van der Waals surface area contributed by atoms with E-state index in [0.29, 0.717) is 13.1 Å². The van der Waals surface area contributed by atoms with Gasteiger partial charge in [0.25, 0.3) is 0 Å². The summed E-state index contributed by atoms with van der Waals surface area (Å²) in [6, 6.07) is 9.87. The van der Waals surface area contributed by atoms with E-state index in [1.807, 2.05) is 37.3 Å². The monoisotopic (exact) mass is 231 g/mol. The van der Waals surface area contributed by atoms with Gasteiger partial charge in [0.15, 0.2) is 0 Å². The van der Waals surface area contributed by atoms with Gasteiger partial charge in [-0.05, 0) is 18.4 Å². The van der Waals surface area contributed by atoms with Crippen molar-refractivity contribution >= 4 is 11.7 Å². The van der Waals surface area contributed by atoms with Gasteiger partial charge in [0.2, 0.25) is 5.91 Å². The third kappa shape index (κ3) is 2.38. The first-order valence-electron chi connectivity index (χ1n) is 5.92. The number of Topliss-reactive ketones (excluding diaryl/α,β-unsaturated/α-hetero) is 1. The van der Waals surface area contributed by atoms with Gasteiger partial charge in [-0.15, -0.1) is 0 Å². The first kappa shape index (κ1) is 11.8. The van der Waals surface area contributed by atoms with Crippen LogP contribution in [0.1, 0.15) is 19.4 Å². The van der Waals surface area contributed by atoms with Crippen LogP contribution in [-0.2, 0) is 16.1 Å². The third-order valence-electron chi connectivity index (χ3n) is 3.31. The summed E-state index contributed by atoms with van der Waals surface area (Å²) in [5.41, 5.74) is 1.11. The fraction of sp³-hybridized carbons (Fsp3) is 0.429. The summed E-state index contributed by atoms with van der Waals surface area (Å²) in [5, 5.41) is 0. The Morgan fingerprint density at radius 2 is 2.00 bits per heavy atom. The van der Waals surface area contributed by atoms with Crippen LogP contribution >= 0.6 is 0 Å². The molecule has 3 nitrogen and oxygen atoms in total. The van der Waals surface area contributed by atoms with Crippen LogP contribution in [0.4, 0.5) is 0 Å². The number of benzene rings is 1. The van der Waals surface area contributed by atoms with Crippen LogP contribution < -0.4 is 0 Å². The predicted octanol–water partition coefficient (Wildman–Crippen LogP) is 1.87. The van der Waals surface area contributed by atoms with Crippen molar-refractivity contribution in [3.63, 3.8) is 0 Å². The second-order valence-electron chi connectivity index (χ2n) is 4.77. The Kier molecular flexibility index (Phi) is 3.27. The first-order valence-corrected chi connectivity index (χ1v) is 5.92. The van der Waals surface area contributed by atoms with Crippen LogP contribution in [0.5, 0.6) is 0 Å². The van der Waals surface area contributed by atoms with Crippen molar-refractivity contribution in [3.05, 3.63) is 35.9 Å². The van der Waals surface area contributed by atoms with Crippen LogP contribution in [0.3, 0.4) is 0 Å². The van der Waals surface area contributed by atoms with Gasteiger partial charge in [-0.25, -0.2) is 0 Å². The summed E-state index contributed by atoms with van der Waals surface area (Å²) in [7, 11) is 0. The molecule has 0 aromatic heterocycles. The fourth-order valence-electron chi connectivity index (χ4n) is 2.50. The third-order valence-corrected chi connectivity index (χ3v) is 3.31. The minimum Gasteiger partial charge on any atom is -0.337 e. The van der Waals surface area contributed by atoms with Gasteiger partial charge >= 0.3 is 0 Å².